The number of benzene rings is 1. The Kier molecular flexibility index (Phi) is 9.13. The van der Waals surface area contributed by atoms with Gasteiger partial charge in [-0.25, -0.2) is 0 Å². The molecule has 0 amide bonds. The quantitative estimate of drug-likeness (QED) is 0.382. The van der Waals surface area contributed by atoms with Gasteiger partial charge in [-0.2, -0.15) is 0 Å². The lowest BCUT2D eigenvalue weighted by Crippen LogP contribution is -2.14. The van der Waals surface area contributed by atoms with Crippen molar-refractivity contribution >= 4 is 0 Å². The maximum absolute atomic E-state index is 5.56. The topological polar surface area (TPSA) is 18.5 Å². The third-order valence-corrected chi connectivity index (χ3v) is 4.08. The molecule has 2 nitrogen and oxygen atoms in total. The van der Waals surface area contributed by atoms with Crippen LogP contribution in [0.25, 0.3) is 0 Å². The summed E-state index contributed by atoms with van der Waals surface area (Å²) in [5.74, 6) is 0.951. The monoisotopic (exact) mass is 332 g/mol. The van der Waals surface area contributed by atoms with Crippen molar-refractivity contribution in [1.82, 2.24) is 0 Å². The molecule has 1 rings (SSSR count). The molecule has 2 heteroatoms. The molecule has 0 heterocycles. The van der Waals surface area contributed by atoms with Crippen LogP contribution in [0.5, 0.6) is 5.75 Å². The van der Waals surface area contributed by atoms with E-state index in [2.05, 4.69) is 65.0 Å². The van der Waals surface area contributed by atoms with Crippen LogP contribution in [-0.2, 0) is 16.6 Å². The summed E-state index contributed by atoms with van der Waals surface area (Å²) in [6.07, 6.45) is 10.6. The highest BCUT2D eigenvalue weighted by atomic mass is 16.5. The maximum atomic E-state index is 5.56. The fourth-order valence-electron chi connectivity index (χ4n) is 2.79. The van der Waals surface area contributed by atoms with E-state index in [4.69, 9.17) is 9.47 Å². The highest BCUT2D eigenvalue weighted by Gasteiger charge is 2.17. The predicted octanol–water partition coefficient (Wildman–Crippen LogP) is 6.08. The zero-order valence-electron chi connectivity index (χ0n) is 16.5. The third-order valence-electron chi connectivity index (χ3n) is 4.08. The molecule has 0 atom stereocenters. The van der Waals surface area contributed by atoms with Crippen molar-refractivity contribution in [3.8, 4) is 5.75 Å². The third kappa shape index (κ3) is 8.01. The van der Waals surface area contributed by atoms with Crippen LogP contribution in [0.2, 0.25) is 0 Å². The average molecular weight is 333 g/mol. The van der Waals surface area contributed by atoms with Crippen molar-refractivity contribution in [1.29, 1.82) is 0 Å². The van der Waals surface area contributed by atoms with Crippen molar-refractivity contribution in [2.24, 2.45) is 0 Å². The van der Waals surface area contributed by atoms with E-state index in [9.17, 15) is 0 Å². The molecule has 1 aromatic carbocycles. The summed E-state index contributed by atoms with van der Waals surface area (Å²) < 4.78 is 11.0. The molecule has 0 aromatic heterocycles. The van der Waals surface area contributed by atoms with Crippen LogP contribution in [0.15, 0.2) is 30.4 Å². The van der Waals surface area contributed by atoms with Crippen LogP contribution in [0.1, 0.15) is 71.4 Å². The molecule has 24 heavy (non-hydrogen) atoms. The summed E-state index contributed by atoms with van der Waals surface area (Å²) in [5, 5.41) is 0. The lowest BCUT2D eigenvalue weighted by molar-refractivity contribution is 0.0762. The van der Waals surface area contributed by atoms with Crippen molar-refractivity contribution < 1.29 is 9.47 Å². The van der Waals surface area contributed by atoms with Gasteiger partial charge in [0.15, 0.2) is 0 Å². The van der Waals surface area contributed by atoms with Crippen LogP contribution >= 0.6 is 0 Å². The van der Waals surface area contributed by atoms with E-state index in [0.29, 0.717) is 6.10 Å². The number of aryl methyl sites for hydroxylation is 1. The van der Waals surface area contributed by atoms with E-state index in [1.54, 1.807) is 7.11 Å². The van der Waals surface area contributed by atoms with Gasteiger partial charge in [-0.05, 0) is 74.6 Å². The number of hydrogen-bond acceptors (Lipinski definition) is 2. The average Bonchev–Trinajstić information content (AvgIpc) is 2.51. The number of rotatable bonds is 10. The minimum Gasteiger partial charge on any atom is -0.497 e. The number of ether oxygens (including phenoxy) is 2. The minimum atomic E-state index is 0.168. The van der Waals surface area contributed by atoms with Gasteiger partial charge in [0.25, 0.3) is 0 Å². The number of allylic oxidation sites excluding steroid dienone is 2. The molecule has 136 valence electrons. The standard InChI is InChI=1S/C22H36O2/c1-18(2)24-16-12-10-8-7-9-11-13-19-17-20(23-6)14-15-21(19)22(3,4)5/h7,9,14-15,17-18H,8,10-13,16H2,1-6H3/b9-7+. The highest BCUT2D eigenvalue weighted by Crippen LogP contribution is 2.29. The van der Waals surface area contributed by atoms with Gasteiger partial charge in [0, 0.05) is 6.61 Å². The Labute approximate surface area is 149 Å². The highest BCUT2D eigenvalue weighted by molar-refractivity contribution is 5.39. The van der Waals surface area contributed by atoms with Gasteiger partial charge in [0.2, 0.25) is 0 Å². The number of unbranched alkanes of at least 4 members (excludes halogenated alkanes) is 2. The van der Waals surface area contributed by atoms with E-state index in [1.165, 1.54) is 17.5 Å². The zero-order valence-corrected chi connectivity index (χ0v) is 16.5. The molecule has 0 bridgehead atoms. The van der Waals surface area contributed by atoms with Crippen LogP contribution in [0, 0.1) is 0 Å². The van der Waals surface area contributed by atoms with Gasteiger partial charge < -0.3 is 9.47 Å². The summed E-state index contributed by atoms with van der Waals surface area (Å²) in [5.41, 5.74) is 2.99. The van der Waals surface area contributed by atoms with Crippen molar-refractivity contribution in [2.75, 3.05) is 13.7 Å². The zero-order chi connectivity index (χ0) is 18.0. The van der Waals surface area contributed by atoms with E-state index in [-0.39, 0.29) is 5.41 Å². The molecular formula is C22H36O2. The van der Waals surface area contributed by atoms with E-state index in [1.807, 2.05) is 0 Å². The van der Waals surface area contributed by atoms with Crippen molar-refractivity contribution in [3.63, 3.8) is 0 Å². The van der Waals surface area contributed by atoms with Gasteiger partial charge in [-0.15, -0.1) is 0 Å². The SMILES string of the molecule is COc1ccc(C(C)(C)C)c(CC/C=C/CCCCOC(C)C)c1. The first-order valence-corrected chi connectivity index (χ1v) is 9.28. The Hall–Kier alpha value is -1.28. The lowest BCUT2D eigenvalue weighted by atomic mass is 9.82. The van der Waals surface area contributed by atoms with Gasteiger partial charge in [0.1, 0.15) is 5.75 Å². The van der Waals surface area contributed by atoms with E-state index < -0.39 is 0 Å². The number of hydrogen-bond donors (Lipinski definition) is 0. The Bertz CT molecular complexity index is 495. The molecule has 0 aliphatic carbocycles. The molecule has 0 unspecified atom stereocenters. The summed E-state index contributed by atoms with van der Waals surface area (Å²) in [7, 11) is 1.73. The fraction of sp³-hybridized carbons (Fsp3) is 0.636. The molecule has 1 aromatic rings. The second-order valence-corrected chi connectivity index (χ2v) is 7.70. The smallest absolute Gasteiger partial charge is 0.119 e. The summed E-state index contributed by atoms with van der Waals surface area (Å²) >= 11 is 0. The maximum Gasteiger partial charge on any atom is 0.119 e. The van der Waals surface area contributed by atoms with E-state index in [0.717, 1.165) is 38.0 Å². The Balaban J connectivity index is 2.42. The van der Waals surface area contributed by atoms with Gasteiger partial charge in [-0.3, -0.25) is 0 Å². The number of methoxy groups -OCH3 is 1. The summed E-state index contributed by atoms with van der Waals surface area (Å²) in [4.78, 5) is 0. The fourth-order valence-corrected chi connectivity index (χ4v) is 2.79. The first kappa shape index (κ1) is 20.8. The second-order valence-electron chi connectivity index (χ2n) is 7.70. The van der Waals surface area contributed by atoms with Crippen LogP contribution < -0.4 is 4.74 Å². The normalized spacial score (nSPS) is 12.3. The second kappa shape index (κ2) is 10.6. The van der Waals surface area contributed by atoms with Gasteiger partial charge in [-0.1, -0.05) is 39.0 Å². The van der Waals surface area contributed by atoms with Crippen LogP contribution in [0.4, 0.5) is 0 Å². The van der Waals surface area contributed by atoms with Crippen LogP contribution in [0.3, 0.4) is 0 Å². The predicted molar refractivity (Wildman–Crippen MR) is 104 cm³/mol. The first-order valence-electron chi connectivity index (χ1n) is 9.28. The van der Waals surface area contributed by atoms with Gasteiger partial charge in [0.05, 0.1) is 13.2 Å². The molecule has 0 aliphatic rings. The Morgan fingerprint density at radius 2 is 1.75 bits per heavy atom. The molecule has 0 saturated heterocycles. The molecule has 0 fully saturated rings. The molecular weight excluding hydrogens is 296 g/mol. The molecule has 0 radical (unpaired) electrons. The molecule has 0 N–H and O–H groups in total. The van der Waals surface area contributed by atoms with E-state index >= 15 is 0 Å². The lowest BCUT2D eigenvalue weighted by Gasteiger charge is -2.23. The van der Waals surface area contributed by atoms with Crippen LogP contribution in [-0.4, -0.2) is 19.8 Å². The van der Waals surface area contributed by atoms with Gasteiger partial charge >= 0.3 is 0 Å². The largest absolute Gasteiger partial charge is 0.497 e. The Morgan fingerprint density at radius 1 is 1.04 bits per heavy atom. The summed E-state index contributed by atoms with van der Waals surface area (Å²) in [6.45, 7) is 11.9. The van der Waals surface area contributed by atoms with Crippen molar-refractivity contribution in [2.45, 2.75) is 78.2 Å². The minimum absolute atomic E-state index is 0.168. The molecule has 0 aliphatic heterocycles. The summed E-state index contributed by atoms with van der Waals surface area (Å²) in [6, 6.07) is 6.48. The molecule has 0 saturated carbocycles. The Morgan fingerprint density at radius 3 is 2.38 bits per heavy atom. The first-order chi connectivity index (χ1) is 11.3. The molecule has 0 spiro atoms. The van der Waals surface area contributed by atoms with Crippen molar-refractivity contribution in [3.05, 3.63) is 41.5 Å².